The molecule has 2 rings (SSSR count). The second kappa shape index (κ2) is 5.64. The Hall–Kier alpha value is -1.51. The Balaban J connectivity index is 2.13. The zero-order chi connectivity index (χ0) is 13.9. The fourth-order valence-corrected chi connectivity index (χ4v) is 3.08. The number of aromatic hydroxyl groups is 1. The van der Waals surface area contributed by atoms with Crippen molar-refractivity contribution in [2.45, 2.75) is 39.5 Å². The van der Waals surface area contributed by atoms with Crippen LogP contribution < -0.4 is 0 Å². The van der Waals surface area contributed by atoms with E-state index in [2.05, 4.69) is 6.92 Å². The third-order valence-corrected chi connectivity index (χ3v) is 4.37. The van der Waals surface area contributed by atoms with Crippen LogP contribution in [0.3, 0.4) is 0 Å². The van der Waals surface area contributed by atoms with E-state index < -0.39 is 0 Å². The van der Waals surface area contributed by atoms with Crippen LogP contribution in [0.5, 0.6) is 5.75 Å². The number of carbonyl (C=O) groups excluding carboxylic acids is 1. The molecule has 1 amide bonds. The summed E-state index contributed by atoms with van der Waals surface area (Å²) in [5, 5.41) is 9.35. The molecule has 0 aliphatic carbocycles. The Bertz CT molecular complexity index is 441. The van der Waals surface area contributed by atoms with Crippen LogP contribution in [0.1, 0.15) is 38.7 Å². The topological polar surface area (TPSA) is 40.5 Å². The highest BCUT2D eigenvalue weighted by atomic mass is 16.3. The van der Waals surface area contributed by atoms with Gasteiger partial charge < -0.3 is 10.0 Å². The largest absolute Gasteiger partial charge is 0.508 e. The molecule has 1 heterocycles. The third-order valence-electron chi connectivity index (χ3n) is 4.37. The van der Waals surface area contributed by atoms with Crippen molar-refractivity contribution < 1.29 is 9.90 Å². The summed E-state index contributed by atoms with van der Waals surface area (Å²) in [6, 6.07) is 7.45. The highest BCUT2D eigenvalue weighted by Gasteiger charge is 2.34. The fourth-order valence-electron chi connectivity index (χ4n) is 3.08. The Morgan fingerprint density at radius 3 is 2.63 bits per heavy atom. The lowest BCUT2D eigenvalue weighted by atomic mass is 9.73. The average molecular weight is 261 g/mol. The van der Waals surface area contributed by atoms with Crippen molar-refractivity contribution in [1.82, 2.24) is 4.90 Å². The second-order valence-electron chi connectivity index (χ2n) is 5.74. The van der Waals surface area contributed by atoms with Gasteiger partial charge in [0.25, 0.3) is 0 Å². The number of phenolic OH excluding ortho intramolecular Hbond substituents is 1. The molecule has 1 fully saturated rings. The van der Waals surface area contributed by atoms with E-state index in [0.717, 1.165) is 32.4 Å². The lowest BCUT2D eigenvalue weighted by Crippen LogP contribution is -2.46. The number of hydrogen-bond acceptors (Lipinski definition) is 2. The summed E-state index contributed by atoms with van der Waals surface area (Å²) in [7, 11) is 0. The molecule has 1 aromatic rings. The van der Waals surface area contributed by atoms with Crippen LogP contribution in [0.25, 0.3) is 0 Å². The Morgan fingerprint density at radius 2 is 2.05 bits per heavy atom. The number of likely N-dealkylation sites (tertiary alicyclic amines) is 1. The van der Waals surface area contributed by atoms with Crippen LogP contribution in [0.2, 0.25) is 0 Å². The molecule has 0 saturated carbocycles. The fraction of sp³-hybridized carbons (Fsp3) is 0.562. The van der Waals surface area contributed by atoms with E-state index >= 15 is 0 Å². The third kappa shape index (κ3) is 3.28. The van der Waals surface area contributed by atoms with Crippen LogP contribution in [-0.2, 0) is 11.2 Å². The van der Waals surface area contributed by atoms with Crippen molar-refractivity contribution in [3.05, 3.63) is 29.8 Å². The molecule has 19 heavy (non-hydrogen) atoms. The quantitative estimate of drug-likeness (QED) is 0.908. The molecule has 1 atom stereocenters. The average Bonchev–Trinajstić information content (AvgIpc) is 2.42. The maximum absolute atomic E-state index is 11.6. The monoisotopic (exact) mass is 261 g/mol. The van der Waals surface area contributed by atoms with Gasteiger partial charge in [-0.3, -0.25) is 4.79 Å². The molecule has 1 aliphatic heterocycles. The molecule has 1 N–H and O–H groups in total. The zero-order valence-corrected chi connectivity index (χ0v) is 11.9. The van der Waals surface area contributed by atoms with Gasteiger partial charge in [0.05, 0.1) is 0 Å². The molecule has 1 aliphatic rings. The highest BCUT2D eigenvalue weighted by Crippen LogP contribution is 2.37. The van der Waals surface area contributed by atoms with Crippen LogP contribution in [-0.4, -0.2) is 29.0 Å². The minimum absolute atomic E-state index is 0.184. The van der Waals surface area contributed by atoms with E-state index in [1.165, 1.54) is 12.0 Å². The van der Waals surface area contributed by atoms with Crippen molar-refractivity contribution in [2.24, 2.45) is 5.41 Å². The van der Waals surface area contributed by atoms with Gasteiger partial charge in [0.15, 0.2) is 0 Å². The number of piperidine rings is 1. The van der Waals surface area contributed by atoms with Gasteiger partial charge >= 0.3 is 0 Å². The van der Waals surface area contributed by atoms with Crippen molar-refractivity contribution in [3.8, 4) is 5.75 Å². The molecule has 3 nitrogen and oxygen atoms in total. The SMILES string of the molecule is CCC1(Cc2ccc(O)cc2)CCCN(C(C)=O)C1. The summed E-state index contributed by atoms with van der Waals surface area (Å²) in [6.45, 7) is 5.63. The first-order valence-corrected chi connectivity index (χ1v) is 7.08. The van der Waals surface area contributed by atoms with E-state index in [0.29, 0.717) is 5.75 Å². The summed E-state index contributed by atoms with van der Waals surface area (Å²) in [6.07, 6.45) is 4.32. The summed E-state index contributed by atoms with van der Waals surface area (Å²) < 4.78 is 0. The number of benzene rings is 1. The predicted molar refractivity (Wildman–Crippen MR) is 76.0 cm³/mol. The highest BCUT2D eigenvalue weighted by molar-refractivity contribution is 5.73. The first-order chi connectivity index (χ1) is 9.04. The van der Waals surface area contributed by atoms with Gasteiger partial charge in [-0.15, -0.1) is 0 Å². The summed E-state index contributed by atoms with van der Waals surface area (Å²) in [5.74, 6) is 0.492. The van der Waals surface area contributed by atoms with Gasteiger partial charge in [0, 0.05) is 20.0 Å². The minimum atomic E-state index is 0.184. The molecule has 0 spiro atoms. The minimum Gasteiger partial charge on any atom is -0.508 e. The first-order valence-electron chi connectivity index (χ1n) is 7.08. The zero-order valence-electron chi connectivity index (χ0n) is 11.9. The van der Waals surface area contributed by atoms with E-state index in [4.69, 9.17) is 0 Å². The second-order valence-corrected chi connectivity index (χ2v) is 5.74. The Labute approximate surface area is 115 Å². The number of amides is 1. The Morgan fingerprint density at radius 1 is 1.37 bits per heavy atom. The van der Waals surface area contributed by atoms with Crippen molar-refractivity contribution in [2.75, 3.05) is 13.1 Å². The van der Waals surface area contributed by atoms with E-state index in [-0.39, 0.29) is 11.3 Å². The molecule has 1 aromatic carbocycles. The number of hydrogen-bond donors (Lipinski definition) is 1. The van der Waals surface area contributed by atoms with Crippen molar-refractivity contribution in [1.29, 1.82) is 0 Å². The summed E-state index contributed by atoms with van der Waals surface area (Å²) in [5.41, 5.74) is 1.44. The van der Waals surface area contributed by atoms with Gasteiger partial charge in [0.1, 0.15) is 5.75 Å². The number of nitrogens with zero attached hydrogens (tertiary/aromatic N) is 1. The summed E-state index contributed by atoms with van der Waals surface area (Å²) in [4.78, 5) is 13.6. The Kier molecular flexibility index (Phi) is 4.13. The maximum atomic E-state index is 11.6. The van der Waals surface area contributed by atoms with Gasteiger partial charge in [-0.2, -0.15) is 0 Å². The molecule has 104 valence electrons. The predicted octanol–water partition coefficient (Wildman–Crippen LogP) is 2.97. The van der Waals surface area contributed by atoms with Crippen LogP contribution in [0, 0.1) is 5.41 Å². The van der Waals surface area contributed by atoms with Gasteiger partial charge in [0.2, 0.25) is 5.91 Å². The molecule has 1 saturated heterocycles. The first kappa shape index (κ1) is 13.9. The number of carbonyl (C=O) groups is 1. The van der Waals surface area contributed by atoms with E-state index in [9.17, 15) is 9.90 Å². The standard InChI is InChI=1S/C16H23NO2/c1-3-16(9-4-10-17(12-16)13(2)18)11-14-5-7-15(19)8-6-14/h5-8,19H,3-4,9-12H2,1-2H3. The van der Waals surface area contributed by atoms with Gasteiger partial charge in [-0.25, -0.2) is 0 Å². The van der Waals surface area contributed by atoms with E-state index in [1.807, 2.05) is 17.0 Å². The molecule has 3 heteroatoms. The lowest BCUT2D eigenvalue weighted by molar-refractivity contribution is -0.132. The van der Waals surface area contributed by atoms with Crippen LogP contribution in [0.15, 0.2) is 24.3 Å². The smallest absolute Gasteiger partial charge is 0.219 e. The van der Waals surface area contributed by atoms with Gasteiger partial charge in [-0.05, 0) is 48.8 Å². The van der Waals surface area contributed by atoms with Crippen molar-refractivity contribution >= 4 is 5.91 Å². The lowest BCUT2D eigenvalue weighted by Gasteiger charge is -2.42. The van der Waals surface area contributed by atoms with E-state index in [1.54, 1.807) is 19.1 Å². The molecule has 0 aromatic heterocycles. The maximum Gasteiger partial charge on any atom is 0.219 e. The normalized spacial score (nSPS) is 23.4. The van der Waals surface area contributed by atoms with Gasteiger partial charge in [-0.1, -0.05) is 19.1 Å². The van der Waals surface area contributed by atoms with Crippen LogP contribution in [0.4, 0.5) is 0 Å². The molecule has 0 bridgehead atoms. The molecule has 1 unspecified atom stereocenters. The molecular weight excluding hydrogens is 238 g/mol. The molecule has 0 radical (unpaired) electrons. The number of rotatable bonds is 3. The number of phenols is 1. The van der Waals surface area contributed by atoms with Crippen molar-refractivity contribution in [3.63, 3.8) is 0 Å². The van der Waals surface area contributed by atoms with Crippen LogP contribution >= 0.6 is 0 Å². The molecular formula is C16H23NO2. The summed E-state index contributed by atoms with van der Waals surface area (Å²) >= 11 is 0.